The van der Waals surface area contributed by atoms with E-state index in [1.165, 1.54) is 17.6 Å². The molecular weight excluding hydrogens is 314 g/mol. The largest absolute Gasteiger partial charge is 0.364 e. The second-order valence-corrected chi connectivity index (χ2v) is 6.88. The van der Waals surface area contributed by atoms with E-state index in [1.54, 1.807) is 6.07 Å². The predicted octanol–water partition coefficient (Wildman–Crippen LogP) is 2.33. The number of fused-ring (bicyclic) bond motifs is 1. The molecule has 0 amide bonds. The summed E-state index contributed by atoms with van der Waals surface area (Å²) < 4.78 is 6.85. The summed E-state index contributed by atoms with van der Waals surface area (Å²) >= 11 is 1.47. The smallest absolute Gasteiger partial charge is 0.206 e. The van der Waals surface area contributed by atoms with Crippen LogP contribution < -0.4 is 5.32 Å². The van der Waals surface area contributed by atoms with Gasteiger partial charge >= 0.3 is 0 Å². The van der Waals surface area contributed by atoms with Crippen molar-refractivity contribution in [3.63, 3.8) is 0 Å². The Morgan fingerprint density at radius 3 is 3.09 bits per heavy atom. The summed E-state index contributed by atoms with van der Waals surface area (Å²) in [6, 6.07) is 2.06. The highest BCUT2D eigenvalue weighted by Gasteiger charge is 2.23. The van der Waals surface area contributed by atoms with E-state index in [0.29, 0.717) is 11.6 Å². The van der Waals surface area contributed by atoms with Gasteiger partial charge in [0.05, 0.1) is 6.54 Å². The summed E-state index contributed by atoms with van der Waals surface area (Å²) in [6.45, 7) is 5.03. The molecule has 3 aromatic rings. The van der Waals surface area contributed by atoms with Crippen LogP contribution in [0.4, 0.5) is 5.13 Å². The minimum atomic E-state index is 0.280. The van der Waals surface area contributed by atoms with Crippen molar-refractivity contribution in [2.24, 2.45) is 0 Å². The summed E-state index contributed by atoms with van der Waals surface area (Å²) in [7, 11) is 0. The van der Waals surface area contributed by atoms with Gasteiger partial charge in [-0.15, -0.1) is 10.2 Å². The van der Waals surface area contributed by atoms with E-state index in [-0.39, 0.29) is 6.04 Å². The van der Waals surface area contributed by atoms with E-state index in [4.69, 9.17) is 4.52 Å². The van der Waals surface area contributed by atoms with Crippen molar-refractivity contribution in [1.82, 2.24) is 30.1 Å². The number of hydrogen-bond donors (Lipinski definition) is 1. The third-order valence-electron chi connectivity index (χ3n) is 3.80. The molecule has 0 saturated heterocycles. The number of nitrogens with zero attached hydrogens (tertiary/aromatic N) is 6. The monoisotopic (exact) mass is 331 g/mol. The van der Waals surface area contributed by atoms with E-state index in [1.807, 2.05) is 4.68 Å². The van der Waals surface area contributed by atoms with E-state index in [0.717, 1.165) is 41.2 Å². The van der Waals surface area contributed by atoms with Crippen molar-refractivity contribution in [1.29, 1.82) is 0 Å². The molecular formula is C14H17N7OS. The first kappa shape index (κ1) is 14.3. The molecule has 0 spiro atoms. The van der Waals surface area contributed by atoms with Crippen molar-refractivity contribution in [2.45, 2.75) is 45.2 Å². The molecule has 0 radical (unpaired) electrons. The van der Waals surface area contributed by atoms with Gasteiger partial charge in [-0.3, -0.25) is 0 Å². The fraction of sp³-hybridized carbons (Fsp3) is 0.500. The molecule has 0 aliphatic carbocycles. The summed E-state index contributed by atoms with van der Waals surface area (Å²) in [5.41, 5.74) is 0.708. The van der Waals surface area contributed by atoms with Crippen LogP contribution in [0.2, 0.25) is 0 Å². The molecule has 1 N–H and O–H groups in total. The number of aryl methyl sites for hydroxylation is 1. The number of rotatable bonds is 4. The minimum Gasteiger partial charge on any atom is -0.364 e. The average molecular weight is 331 g/mol. The van der Waals surface area contributed by atoms with Crippen molar-refractivity contribution in [3.05, 3.63) is 24.0 Å². The summed E-state index contributed by atoms with van der Waals surface area (Å²) in [5.74, 6) is 2.35. The zero-order valence-corrected chi connectivity index (χ0v) is 13.7. The Morgan fingerprint density at radius 2 is 2.30 bits per heavy atom. The van der Waals surface area contributed by atoms with E-state index in [2.05, 4.69) is 44.6 Å². The minimum absolute atomic E-state index is 0.280. The first-order chi connectivity index (χ1) is 11.2. The Balaban J connectivity index is 1.46. The van der Waals surface area contributed by atoms with Gasteiger partial charge in [-0.05, 0) is 6.42 Å². The molecule has 0 bridgehead atoms. The van der Waals surface area contributed by atoms with Crippen LogP contribution in [0.5, 0.6) is 0 Å². The van der Waals surface area contributed by atoms with E-state index in [9.17, 15) is 0 Å². The van der Waals surface area contributed by atoms with Crippen LogP contribution in [0.3, 0.4) is 0 Å². The van der Waals surface area contributed by atoms with Crippen LogP contribution in [0.25, 0.3) is 10.7 Å². The highest BCUT2D eigenvalue weighted by Crippen LogP contribution is 2.26. The normalized spacial score (nSPS) is 17.4. The first-order valence-electron chi connectivity index (χ1n) is 7.63. The Bertz CT molecular complexity index is 792. The fourth-order valence-electron chi connectivity index (χ4n) is 2.57. The van der Waals surface area contributed by atoms with Crippen LogP contribution in [0, 0.1) is 0 Å². The Morgan fingerprint density at radius 1 is 1.39 bits per heavy atom. The number of nitrogens with one attached hydrogen (secondary N) is 1. The maximum atomic E-state index is 4.84. The topological polar surface area (TPSA) is 94.6 Å². The first-order valence-corrected chi connectivity index (χ1v) is 8.45. The Labute approximate surface area is 136 Å². The lowest BCUT2D eigenvalue weighted by molar-refractivity contribution is 0.422. The quantitative estimate of drug-likeness (QED) is 0.784. The van der Waals surface area contributed by atoms with Gasteiger partial charge in [0.2, 0.25) is 5.13 Å². The van der Waals surface area contributed by atoms with Crippen molar-refractivity contribution in [3.8, 4) is 10.7 Å². The van der Waals surface area contributed by atoms with Crippen LogP contribution in [-0.4, -0.2) is 36.2 Å². The molecule has 4 rings (SSSR count). The van der Waals surface area contributed by atoms with E-state index >= 15 is 0 Å². The van der Waals surface area contributed by atoms with Gasteiger partial charge in [0, 0.05) is 24.4 Å². The highest BCUT2D eigenvalue weighted by molar-refractivity contribution is 7.18. The molecule has 4 heterocycles. The molecule has 120 valence electrons. The third kappa shape index (κ3) is 2.83. The Kier molecular flexibility index (Phi) is 3.56. The lowest BCUT2D eigenvalue weighted by Gasteiger charge is -2.22. The summed E-state index contributed by atoms with van der Waals surface area (Å²) in [6.07, 6.45) is 3.46. The maximum Gasteiger partial charge on any atom is 0.206 e. The maximum absolute atomic E-state index is 4.84. The standard InChI is InChI=1S/C14H17N7OS/c1-8(2)12-16-11-4-3-9(7-21(11)19-12)15-14-18-17-13(23-14)10-5-6-22-20-10/h5-6,8-9H,3-4,7H2,1-2H3,(H,15,18)/t9-/m0/s1. The molecule has 8 nitrogen and oxygen atoms in total. The molecule has 3 aromatic heterocycles. The molecule has 0 aromatic carbocycles. The molecule has 9 heteroatoms. The molecule has 1 aliphatic heterocycles. The summed E-state index contributed by atoms with van der Waals surface area (Å²) in [4.78, 5) is 4.61. The SMILES string of the molecule is CC(C)c1nc2n(n1)C[C@@H](Nc1nnc(-c3ccon3)s1)CC2. The third-order valence-corrected chi connectivity index (χ3v) is 4.68. The molecule has 0 saturated carbocycles. The molecule has 0 fully saturated rings. The second-order valence-electron chi connectivity index (χ2n) is 5.90. The lowest BCUT2D eigenvalue weighted by atomic mass is 10.1. The van der Waals surface area contributed by atoms with Crippen molar-refractivity contribution < 1.29 is 4.52 Å². The van der Waals surface area contributed by atoms with Gasteiger partial charge in [0.1, 0.15) is 17.8 Å². The zero-order chi connectivity index (χ0) is 15.8. The number of anilines is 1. The van der Waals surface area contributed by atoms with Crippen LogP contribution in [-0.2, 0) is 13.0 Å². The van der Waals surface area contributed by atoms with Crippen molar-refractivity contribution in [2.75, 3.05) is 5.32 Å². The number of aromatic nitrogens is 6. The molecule has 1 atom stereocenters. The molecule has 23 heavy (non-hydrogen) atoms. The van der Waals surface area contributed by atoms with Crippen LogP contribution in [0.1, 0.15) is 37.8 Å². The highest BCUT2D eigenvalue weighted by atomic mass is 32.1. The van der Waals surface area contributed by atoms with Crippen molar-refractivity contribution >= 4 is 16.5 Å². The zero-order valence-electron chi connectivity index (χ0n) is 12.9. The molecule has 0 unspecified atom stereocenters. The van der Waals surface area contributed by atoms with Gasteiger partial charge < -0.3 is 9.84 Å². The van der Waals surface area contributed by atoms with E-state index < -0.39 is 0 Å². The van der Waals surface area contributed by atoms with Crippen LogP contribution >= 0.6 is 11.3 Å². The lowest BCUT2D eigenvalue weighted by Crippen LogP contribution is -2.31. The van der Waals surface area contributed by atoms with Gasteiger partial charge in [0.15, 0.2) is 10.8 Å². The van der Waals surface area contributed by atoms with Gasteiger partial charge in [-0.25, -0.2) is 9.67 Å². The Hall–Kier alpha value is -2.29. The summed E-state index contributed by atoms with van der Waals surface area (Å²) in [5, 5.41) is 21.8. The number of hydrogen-bond acceptors (Lipinski definition) is 8. The second kappa shape index (κ2) is 5.73. The molecule has 1 aliphatic rings. The van der Waals surface area contributed by atoms with Gasteiger partial charge in [-0.1, -0.05) is 30.3 Å². The fourth-order valence-corrected chi connectivity index (χ4v) is 3.36. The van der Waals surface area contributed by atoms with Gasteiger partial charge in [0.25, 0.3) is 0 Å². The predicted molar refractivity (Wildman–Crippen MR) is 85.2 cm³/mol. The van der Waals surface area contributed by atoms with Crippen LogP contribution in [0.15, 0.2) is 16.9 Å². The van der Waals surface area contributed by atoms with Gasteiger partial charge in [-0.2, -0.15) is 5.10 Å². The average Bonchev–Trinajstić information content (AvgIpc) is 3.26.